The molecule has 0 aliphatic rings. The molecule has 22 heavy (non-hydrogen) atoms. The van der Waals surface area contributed by atoms with Gasteiger partial charge in [0.15, 0.2) is 5.69 Å². The second-order valence-corrected chi connectivity index (χ2v) is 5.59. The van der Waals surface area contributed by atoms with Crippen molar-refractivity contribution in [3.8, 4) is 0 Å². The molecule has 2 aromatic heterocycles. The van der Waals surface area contributed by atoms with Gasteiger partial charge in [0, 0.05) is 11.1 Å². The largest absolute Gasteiger partial charge is 0.480 e. The predicted molar refractivity (Wildman–Crippen MR) is 78.2 cm³/mol. The first kappa shape index (κ1) is 15.7. The number of esters is 1. The monoisotopic (exact) mass is 323 g/mol. The second kappa shape index (κ2) is 6.39. The van der Waals surface area contributed by atoms with E-state index in [-0.39, 0.29) is 17.8 Å². The summed E-state index contributed by atoms with van der Waals surface area (Å²) < 4.78 is 5.79. The molecular weight excluding hydrogens is 310 g/mol. The molecule has 0 unspecified atom stereocenters. The van der Waals surface area contributed by atoms with Crippen LogP contribution in [0, 0.1) is 6.92 Å². The van der Waals surface area contributed by atoms with E-state index in [4.69, 9.17) is 5.11 Å². The van der Waals surface area contributed by atoms with Gasteiger partial charge in [-0.2, -0.15) is 5.10 Å². The molecule has 0 fully saturated rings. The third-order valence-corrected chi connectivity index (χ3v) is 3.62. The van der Waals surface area contributed by atoms with Crippen LogP contribution in [0.1, 0.15) is 25.7 Å². The predicted octanol–water partition coefficient (Wildman–Crippen LogP) is 1.38. The van der Waals surface area contributed by atoms with Gasteiger partial charge in [-0.25, -0.2) is 4.79 Å². The van der Waals surface area contributed by atoms with Crippen LogP contribution in [0.25, 0.3) is 0 Å². The Hall–Kier alpha value is -2.68. The van der Waals surface area contributed by atoms with Gasteiger partial charge in [0.25, 0.3) is 5.91 Å². The number of methoxy groups -OCH3 is 1. The summed E-state index contributed by atoms with van der Waals surface area (Å²) in [6, 6.07) is 3.02. The first-order chi connectivity index (χ1) is 10.4. The number of carboxylic acid groups (broad SMARTS) is 1. The number of rotatable bonds is 5. The molecule has 0 spiro atoms. The van der Waals surface area contributed by atoms with Crippen LogP contribution < -0.4 is 5.32 Å². The number of carbonyl (C=O) groups excluding carboxylic acids is 2. The molecule has 2 aromatic rings. The maximum atomic E-state index is 12.1. The highest BCUT2D eigenvalue weighted by Gasteiger charge is 2.19. The van der Waals surface area contributed by atoms with Crippen molar-refractivity contribution in [1.82, 2.24) is 9.78 Å². The summed E-state index contributed by atoms with van der Waals surface area (Å²) in [5, 5.41) is 15.5. The Morgan fingerprint density at radius 3 is 2.82 bits per heavy atom. The van der Waals surface area contributed by atoms with Crippen LogP contribution in [-0.2, 0) is 16.1 Å². The molecule has 2 N–H and O–H groups in total. The molecule has 0 saturated heterocycles. The van der Waals surface area contributed by atoms with E-state index in [0.29, 0.717) is 5.00 Å². The lowest BCUT2D eigenvalue weighted by Crippen LogP contribution is -2.16. The molecule has 8 nitrogen and oxygen atoms in total. The second-order valence-electron chi connectivity index (χ2n) is 4.34. The van der Waals surface area contributed by atoms with Crippen LogP contribution in [0.15, 0.2) is 18.3 Å². The van der Waals surface area contributed by atoms with Gasteiger partial charge in [-0.15, -0.1) is 11.3 Å². The van der Waals surface area contributed by atoms with Crippen molar-refractivity contribution in [2.75, 3.05) is 12.4 Å². The summed E-state index contributed by atoms with van der Waals surface area (Å²) in [7, 11) is 1.26. The van der Waals surface area contributed by atoms with Gasteiger partial charge in [0.2, 0.25) is 0 Å². The zero-order valence-electron chi connectivity index (χ0n) is 11.8. The average Bonchev–Trinajstić information content (AvgIpc) is 3.04. The third-order valence-electron chi connectivity index (χ3n) is 2.66. The van der Waals surface area contributed by atoms with Gasteiger partial charge in [0.05, 0.1) is 12.7 Å². The molecule has 116 valence electrons. The summed E-state index contributed by atoms with van der Waals surface area (Å²) in [5.74, 6) is -2.14. The molecular formula is C13H13N3O5S. The Balaban J connectivity index is 2.17. The summed E-state index contributed by atoms with van der Waals surface area (Å²) in [5.41, 5.74) is 0.325. The number of thiophene rings is 1. The first-order valence-corrected chi connectivity index (χ1v) is 6.97. The van der Waals surface area contributed by atoms with Crippen molar-refractivity contribution in [2.24, 2.45) is 0 Å². The smallest absolute Gasteiger partial charge is 0.340 e. The molecule has 1 amide bonds. The number of carbonyl (C=O) groups is 3. The van der Waals surface area contributed by atoms with E-state index in [0.717, 1.165) is 9.56 Å². The van der Waals surface area contributed by atoms with E-state index in [1.165, 1.54) is 30.7 Å². The lowest BCUT2D eigenvalue weighted by molar-refractivity contribution is -0.137. The van der Waals surface area contributed by atoms with Gasteiger partial charge in [-0.3, -0.25) is 14.3 Å². The van der Waals surface area contributed by atoms with Crippen molar-refractivity contribution in [3.63, 3.8) is 0 Å². The maximum Gasteiger partial charge on any atom is 0.340 e. The van der Waals surface area contributed by atoms with Crippen LogP contribution in [0.5, 0.6) is 0 Å². The molecule has 0 bridgehead atoms. The quantitative estimate of drug-likeness (QED) is 0.804. The number of ether oxygens (including phenoxy) is 1. The lowest BCUT2D eigenvalue weighted by atomic mass is 10.3. The van der Waals surface area contributed by atoms with Crippen molar-refractivity contribution in [2.45, 2.75) is 13.5 Å². The van der Waals surface area contributed by atoms with E-state index in [2.05, 4.69) is 15.2 Å². The van der Waals surface area contributed by atoms with Gasteiger partial charge in [-0.1, -0.05) is 0 Å². The van der Waals surface area contributed by atoms with Crippen molar-refractivity contribution in [3.05, 3.63) is 34.5 Å². The van der Waals surface area contributed by atoms with Gasteiger partial charge in [-0.05, 0) is 19.1 Å². The zero-order chi connectivity index (χ0) is 16.3. The molecule has 0 aliphatic heterocycles. The molecule has 9 heteroatoms. The summed E-state index contributed by atoms with van der Waals surface area (Å²) in [6.07, 6.45) is 1.39. The molecule has 0 atom stereocenters. The highest BCUT2D eigenvalue weighted by Crippen LogP contribution is 2.28. The van der Waals surface area contributed by atoms with Gasteiger partial charge >= 0.3 is 11.9 Å². The normalized spacial score (nSPS) is 10.3. The number of nitrogens with one attached hydrogen (secondary N) is 1. The van der Waals surface area contributed by atoms with Crippen LogP contribution in [0.4, 0.5) is 5.00 Å². The highest BCUT2D eigenvalue weighted by atomic mass is 32.1. The van der Waals surface area contributed by atoms with Crippen molar-refractivity contribution in [1.29, 1.82) is 0 Å². The average molecular weight is 323 g/mol. The number of carboxylic acids is 1. The summed E-state index contributed by atoms with van der Waals surface area (Å²) >= 11 is 1.24. The maximum absolute atomic E-state index is 12.1. The lowest BCUT2D eigenvalue weighted by Gasteiger charge is -2.03. The summed E-state index contributed by atoms with van der Waals surface area (Å²) in [4.78, 5) is 35.2. The van der Waals surface area contributed by atoms with E-state index in [9.17, 15) is 14.4 Å². The minimum Gasteiger partial charge on any atom is -0.480 e. The number of hydrogen-bond acceptors (Lipinski definition) is 6. The third kappa shape index (κ3) is 3.50. The van der Waals surface area contributed by atoms with Crippen LogP contribution in [0.3, 0.4) is 0 Å². The van der Waals surface area contributed by atoms with E-state index in [1.807, 2.05) is 0 Å². The van der Waals surface area contributed by atoms with Crippen molar-refractivity contribution >= 4 is 34.2 Å². The molecule has 2 heterocycles. The SMILES string of the molecule is COC(=O)c1cc(C)sc1NC(=O)c1ccn(CC(=O)O)n1. The molecule has 0 saturated carbocycles. The first-order valence-electron chi connectivity index (χ1n) is 6.16. The number of amides is 1. The number of nitrogens with zero attached hydrogens (tertiary/aromatic N) is 2. The van der Waals surface area contributed by atoms with Crippen molar-refractivity contribution < 1.29 is 24.2 Å². The molecule has 0 aromatic carbocycles. The Bertz CT molecular complexity index is 734. The fraction of sp³-hybridized carbons (Fsp3) is 0.231. The van der Waals surface area contributed by atoms with Crippen LogP contribution in [0.2, 0.25) is 0 Å². The van der Waals surface area contributed by atoms with E-state index < -0.39 is 17.8 Å². The number of hydrogen-bond donors (Lipinski definition) is 2. The topological polar surface area (TPSA) is 111 Å². The fourth-order valence-electron chi connectivity index (χ4n) is 1.75. The minimum absolute atomic E-state index is 0.0584. The van der Waals surface area contributed by atoms with E-state index in [1.54, 1.807) is 13.0 Å². The fourth-order valence-corrected chi connectivity index (χ4v) is 2.64. The Morgan fingerprint density at radius 2 is 2.18 bits per heavy atom. The number of aliphatic carboxylic acids is 1. The molecule has 0 aliphatic carbocycles. The minimum atomic E-state index is -1.06. The van der Waals surface area contributed by atoms with E-state index >= 15 is 0 Å². The zero-order valence-corrected chi connectivity index (χ0v) is 12.6. The van der Waals surface area contributed by atoms with Gasteiger partial charge in [0.1, 0.15) is 11.5 Å². The van der Waals surface area contributed by atoms with Gasteiger partial charge < -0.3 is 15.2 Å². The molecule has 0 radical (unpaired) electrons. The Labute approximate surface area is 129 Å². The number of anilines is 1. The van der Waals surface area contributed by atoms with Crippen LogP contribution in [-0.4, -0.2) is 39.8 Å². The Morgan fingerprint density at radius 1 is 1.45 bits per heavy atom. The molecule has 2 rings (SSSR count). The number of aryl methyl sites for hydroxylation is 1. The van der Waals surface area contributed by atoms with Crippen LogP contribution >= 0.6 is 11.3 Å². The Kier molecular flexibility index (Phi) is 4.56. The summed E-state index contributed by atoms with van der Waals surface area (Å²) in [6.45, 7) is 1.47. The standard InChI is InChI=1S/C13H13N3O5S/c1-7-5-8(13(20)21-2)12(22-7)14-11(19)9-3-4-16(15-9)6-10(17)18/h3-5H,6H2,1-2H3,(H,14,19)(H,17,18). The number of aromatic nitrogens is 2. The highest BCUT2D eigenvalue weighted by molar-refractivity contribution is 7.16.